The summed E-state index contributed by atoms with van der Waals surface area (Å²) in [6.07, 6.45) is 2.20. The van der Waals surface area contributed by atoms with Crippen LogP contribution in [-0.2, 0) is 0 Å². The number of benzene rings is 1. The fraction of sp³-hybridized carbons (Fsp3) is 0.538. The van der Waals surface area contributed by atoms with Crippen molar-refractivity contribution in [2.75, 3.05) is 13.2 Å². The van der Waals surface area contributed by atoms with Crippen LogP contribution in [0.2, 0.25) is 0 Å². The summed E-state index contributed by atoms with van der Waals surface area (Å²) in [5, 5.41) is 9.96. The van der Waals surface area contributed by atoms with E-state index in [0.29, 0.717) is 13.2 Å². The van der Waals surface area contributed by atoms with E-state index in [-0.39, 0.29) is 0 Å². The van der Waals surface area contributed by atoms with Crippen molar-refractivity contribution in [3.8, 4) is 11.5 Å². The molecule has 1 heterocycles. The van der Waals surface area contributed by atoms with Gasteiger partial charge in [0.1, 0.15) is 11.5 Å². The zero-order valence-corrected chi connectivity index (χ0v) is 9.61. The summed E-state index contributed by atoms with van der Waals surface area (Å²) < 4.78 is 11.1. The lowest BCUT2D eigenvalue weighted by Gasteiger charge is -2.13. The first-order chi connectivity index (χ1) is 7.81. The molecule has 0 radical (unpaired) electrons. The van der Waals surface area contributed by atoms with E-state index in [0.717, 1.165) is 36.3 Å². The van der Waals surface area contributed by atoms with Gasteiger partial charge in [-0.2, -0.15) is 0 Å². The van der Waals surface area contributed by atoms with Crippen LogP contribution in [0.25, 0.3) is 0 Å². The van der Waals surface area contributed by atoms with E-state index in [9.17, 15) is 5.11 Å². The predicted octanol–water partition coefficient (Wildman–Crippen LogP) is 2.68. The summed E-state index contributed by atoms with van der Waals surface area (Å²) in [6, 6.07) is 5.67. The minimum absolute atomic E-state index is 0.428. The Hall–Kier alpha value is -1.22. The molecule has 1 N–H and O–H groups in total. The second-order valence-electron chi connectivity index (χ2n) is 4.05. The van der Waals surface area contributed by atoms with Gasteiger partial charge in [0, 0.05) is 5.56 Å². The molecule has 1 aromatic rings. The van der Waals surface area contributed by atoms with Crippen molar-refractivity contribution in [2.24, 2.45) is 0 Å². The summed E-state index contributed by atoms with van der Waals surface area (Å²) in [6.45, 7) is 3.45. The molecular weight excluding hydrogens is 204 g/mol. The van der Waals surface area contributed by atoms with Crippen molar-refractivity contribution in [2.45, 2.75) is 32.3 Å². The Bertz CT molecular complexity index is 349. The molecule has 0 aliphatic carbocycles. The minimum Gasteiger partial charge on any atom is -0.494 e. The lowest BCUT2D eigenvalue weighted by molar-refractivity contribution is 0.167. The highest BCUT2D eigenvalue weighted by Crippen LogP contribution is 2.34. The maximum Gasteiger partial charge on any atom is 0.125 e. The molecule has 1 aromatic carbocycles. The Morgan fingerprint density at radius 2 is 2.38 bits per heavy atom. The van der Waals surface area contributed by atoms with Gasteiger partial charge in [-0.15, -0.1) is 0 Å². The number of aliphatic hydroxyl groups excluding tert-OH is 1. The summed E-state index contributed by atoms with van der Waals surface area (Å²) in [4.78, 5) is 0. The van der Waals surface area contributed by atoms with E-state index >= 15 is 0 Å². The monoisotopic (exact) mass is 222 g/mol. The fourth-order valence-electron chi connectivity index (χ4n) is 1.84. The molecule has 1 aliphatic rings. The van der Waals surface area contributed by atoms with Gasteiger partial charge in [0.05, 0.1) is 19.3 Å². The van der Waals surface area contributed by atoms with Gasteiger partial charge in [0.15, 0.2) is 0 Å². The first kappa shape index (κ1) is 11.3. The van der Waals surface area contributed by atoms with E-state index in [4.69, 9.17) is 9.47 Å². The Labute approximate surface area is 96.0 Å². The zero-order valence-electron chi connectivity index (χ0n) is 9.61. The van der Waals surface area contributed by atoms with Gasteiger partial charge in [-0.3, -0.25) is 0 Å². The number of hydrogen-bond donors (Lipinski definition) is 1. The van der Waals surface area contributed by atoms with E-state index in [2.05, 4.69) is 6.92 Å². The third kappa shape index (κ3) is 2.47. The van der Waals surface area contributed by atoms with Crippen LogP contribution in [0.3, 0.4) is 0 Å². The maximum absolute atomic E-state index is 9.96. The van der Waals surface area contributed by atoms with Crippen LogP contribution in [0, 0.1) is 0 Å². The molecule has 0 saturated heterocycles. The fourth-order valence-corrected chi connectivity index (χ4v) is 1.84. The van der Waals surface area contributed by atoms with E-state index in [1.807, 2.05) is 18.2 Å². The van der Waals surface area contributed by atoms with Crippen molar-refractivity contribution < 1.29 is 14.6 Å². The van der Waals surface area contributed by atoms with E-state index in [1.54, 1.807) is 0 Å². The molecule has 88 valence electrons. The molecule has 3 heteroatoms. The number of ether oxygens (including phenoxy) is 2. The quantitative estimate of drug-likeness (QED) is 0.854. The third-order valence-electron chi connectivity index (χ3n) is 2.69. The van der Waals surface area contributed by atoms with Gasteiger partial charge in [0.25, 0.3) is 0 Å². The molecule has 1 aliphatic heterocycles. The topological polar surface area (TPSA) is 38.7 Å². The van der Waals surface area contributed by atoms with Gasteiger partial charge in [0.2, 0.25) is 0 Å². The van der Waals surface area contributed by atoms with Crippen LogP contribution >= 0.6 is 0 Å². The molecule has 3 nitrogen and oxygen atoms in total. The lowest BCUT2D eigenvalue weighted by atomic mass is 10.0. The van der Waals surface area contributed by atoms with Crippen molar-refractivity contribution in [3.63, 3.8) is 0 Å². The molecule has 16 heavy (non-hydrogen) atoms. The third-order valence-corrected chi connectivity index (χ3v) is 2.69. The number of hydrogen-bond acceptors (Lipinski definition) is 3. The highest BCUT2D eigenvalue weighted by molar-refractivity contribution is 5.42. The van der Waals surface area contributed by atoms with Gasteiger partial charge in [-0.05, 0) is 37.5 Å². The average Bonchev–Trinajstić information content (AvgIpc) is 2.49. The molecule has 0 unspecified atom stereocenters. The number of fused-ring (bicyclic) bond motifs is 1. The Morgan fingerprint density at radius 3 is 3.19 bits per heavy atom. The molecule has 2 rings (SSSR count). The van der Waals surface area contributed by atoms with Crippen LogP contribution in [-0.4, -0.2) is 18.3 Å². The summed E-state index contributed by atoms with van der Waals surface area (Å²) in [7, 11) is 0. The second-order valence-corrected chi connectivity index (χ2v) is 4.05. The normalized spacial score (nSPS) is 19.5. The summed E-state index contributed by atoms with van der Waals surface area (Å²) >= 11 is 0. The molecule has 0 bridgehead atoms. The van der Waals surface area contributed by atoms with Gasteiger partial charge in [-0.1, -0.05) is 6.92 Å². The Morgan fingerprint density at radius 1 is 1.50 bits per heavy atom. The lowest BCUT2D eigenvalue weighted by Crippen LogP contribution is -1.99. The maximum atomic E-state index is 9.96. The molecule has 0 saturated carbocycles. The van der Waals surface area contributed by atoms with Crippen molar-refractivity contribution in [1.29, 1.82) is 0 Å². The van der Waals surface area contributed by atoms with Crippen LogP contribution in [0.4, 0.5) is 0 Å². The summed E-state index contributed by atoms with van der Waals surface area (Å²) in [5.74, 6) is 1.60. The molecule has 1 atom stereocenters. The number of aliphatic hydroxyl groups is 1. The average molecular weight is 222 g/mol. The van der Waals surface area contributed by atoms with Crippen LogP contribution < -0.4 is 9.47 Å². The van der Waals surface area contributed by atoms with Crippen LogP contribution in [0.1, 0.15) is 37.9 Å². The Balaban J connectivity index is 2.21. The standard InChI is InChI=1S/C13H18O3/c1-2-7-15-10-5-6-13-11(9-10)12(14)4-3-8-16-13/h5-6,9,12,14H,2-4,7-8H2,1H3/t12-/m1/s1. The highest BCUT2D eigenvalue weighted by Gasteiger charge is 2.18. The summed E-state index contributed by atoms with van der Waals surface area (Å²) in [5.41, 5.74) is 0.853. The first-order valence-corrected chi connectivity index (χ1v) is 5.89. The molecule has 0 amide bonds. The smallest absolute Gasteiger partial charge is 0.125 e. The van der Waals surface area contributed by atoms with Gasteiger partial charge < -0.3 is 14.6 Å². The molecule has 0 fully saturated rings. The van der Waals surface area contributed by atoms with Crippen LogP contribution in [0.5, 0.6) is 11.5 Å². The zero-order chi connectivity index (χ0) is 11.4. The van der Waals surface area contributed by atoms with Gasteiger partial charge in [-0.25, -0.2) is 0 Å². The van der Waals surface area contributed by atoms with Crippen LogP contribution in [0.15, 0.2) is 18.2 Å². The second kappa shape index (κ2) is 5.21. The van der Waals surface area contributed by atoms with E-state index in [1.165, 1.54) is 0 Å². The highest BCUT2D eigenvalue weighted by atomic mass is 16.5. The van der Waals surface area contributed by atoms with Crippen molar-refractivity contribution in [3.05, 3.63) is 23.8 Å². The molecular formula is C13H18O3. The Kier molecular flexibility index (Phi) is 3.67. The first-order valence-electron chi connectivity index (χ1n) is 5.89. The SMILES string of the molecule is CCCOc1ccc2c(c1)[C@H](O)CCCO2. The largest absolute Gasteiger partial charge is 0.494 e. The molecule has 0 spiro atoms. The molecule has 0 aromatic heterocycles. The van der Waals surface area contributed by atoms with Crippen molar-refractivity contribution >= 4 is 0 Å². The van der Waals surface area contributed by atoms with Crippen molar-refractivity contribution in [1.82, 2.24) is 0 Å². The minimum atomic E-state index is -0.428. The number of rotatable bonds is 3. The van der Waals surface area contributed by atoms with Gasteiger partial charge >= 0.3 is 0 Å². The van der Waals surface area contributed by atoms with E-state index < -0.39 is 6.10 Å². The predicted molar refractivity (Wildman–Crippen MR) is 61.9 cm³/mol.